The van der Waals surface area contributed by atoms with Gasteiger partial charge in [0.2, 0.25) is 0 Å². The van der Waals surface area contributed by atoms with Crippen molar-refractivity contribution in [3.63, 3.8) is 0 Å². The molecule has 0 saturated carbocycles. The van der Waals surface area contributed by atoms with Gasteiger partial charge < -0.3 is 15.4 Å². The minimum atomic E-state index is 0.0303. The first-order chi connectivity index (χ1) is 7.29. The van der Waals surface area contributed by atoms with Crippen LogP contribution in [0.1, 0.15) is 38.5 Å². The lowest BCUT2D eigenvalue weighted by Gasteiger charge is -2.37. The molecule has 0 atom stereocenters. The molecule has 2 aliphatic rings. The van der Waals surface area contributed by atoms with Crippen molar-refractivity contribution in [1.82, 2.24) is 4.90 Å². The van der Waals surface area contributed by atoms with Gasteiger partial charge in [0.15, 0.2) is 0 Å². The van der Waals surface area contributed by atoms with Crippen LogP contribution in [-0.4, -0.2) is 43.3 Å². The zero-order chi connectivity index (χ0) is 10.6. The number of ether oxygens (including phenoxy) is 1. The van der Waals surface area contributed by atoms with Gasteiger partial charge in [-0.05, 0) is 38.8 Å². The van der Waals surface area contributed by atoms with Crippen molar-refractivity contribution < 1.29 is 4.74 Å². The van der Waals surface area contributed by atoms with Crippen molar-refractivity contribution in [2.24, 2.45) is 5.73 Å². The predicted octanol–water partition coefficient (Wildman–Crippen LogP) is 1.37. The lowest BCUT2D eigenvalue weighted by molar-refractivity contribution is 0.0381. The average molecular weight is 212 g/mol. The first kappa shape index (κ1) is 11.4. The molecule has 0 unspecified atom stereocenters. The van der Waals surface area contributed by atoms with E-state index in [9.17, 15) is 0 Å². The van der Waals surface area contributed by atoms with Crippen LogP contribution in [0.15, 0.2) is 0 Å². The summed E-state index contributed by atoms with van der Waals surface area (Å²) >= 11 is 0. The molecule has 0 aromatic rings. The molecular formula is C12H24N2O. The quantitative estimate of drug-likeness (QED) is 0.751. The van der Waals surface area contributed by atoms with Crippen molar-refractivity contribution in [2.75, 3.05) is 32.8 Å². The predicted molar refractivity (Wildman–Crippen MR) is 61.9 cm³/mol. The highest BCUT2D eigenvalue weighted by molar-refractivity contribution is 4.89. The Hall–Kier alpha value is -0.120. The first-order valence-corrected chi connectivity index (χ1v) is 6.38. The van der Waals surface area contributed by atoms with E-state index in [0.29, 0.717) is 0 Å². The molecule has 88 valence electrons. The molecule has 0 spiro atoms. The zero-order valence-corrected chi connectivity index (χ0v) is 9.71. The van der Waals surface area contributed by atoms with Gasteiger partial charge in [-0.15, -0.1) is 0 Å². The van der Waals surface area contributed by atoms with E-state index >= 15 is 0 Å². The molecule has 0 aromatic heterocycles. The lowest BCUT2D eigenvalue weighted by Crippen LogP contribution is -2.53. The van der Waals surface area contributed by atoms with Crippen molar-refractivity contribution in [3.05, 3.63) is 0 Å². The topological polar surface area (TPSA) is 38.5 Å². The maximum absolute atomic E-state index is 6.42. The molecule has 2 aliphatic heterocycles. The summed E-state index contributed by atoms with van der Waals surface area (Å²) in [4.78, 5) is 2.57. The van der Waals surface area contributed by atoms with Gasteiger partial charge in [-0.1, -0.05) is 12.8 Å². The summed E-state index contributed by atoms with van der Waals surface area (Å²) in [6.07, 6.45) is 7.57. The number of hydrogen-bond acceptors (Lipinski definition) is 3. The average Bonchev–Trinajstić information content (AvgIpc) is 2.47. The van der Waals surface area contributed by atoms with Gasteiger partial charge in [0.25, 0.3) is 0 Å². The lowest BCUT2D eigenvalue weighted by atomic mass is 9.90. The number of rotatable bonds is 2. The third-order valence-corrected chi connectivity index (χ3v) is 3.73. The van der Waals surface area contributed by atoms with Gasteiger partial charge in [-0.2, -0.15) is 0 Å². The minimum absolute atomic E-state index is 0.0303. The van der Waals surface area contributed by atoms with Crippen molar-refractivity contribution in [2.45, 2.75) is 44.1 Å². The summed E-state index contributed by atoms with van der Waals surface area (Å²) in [5.74, 6) is 0. The highest BCUT2D eigenvalue weighted by Crippen LogP contribution is 2.20. The van der Waals surface area contributed by atoms with Gasteiger partial charge in [0.1, 0.15) is 0 Å². The summed E-state index contributed by atoms with van der Waals surface area (Å²) in [7, 11) is 0. The Labute approximate surface area is 93.0 Å². The molecule has 2 fully saturated rings. The molecule has 3 heteroatoms. The minimum Gasteiger partial charge on any atom is -0.381 e. The molecule has 0 aliphatic carbocycles. The van der Waals surface area contributed by atoms with E-state index in [0.717, 1.165) is 32.6 Å². The second kappa shape index (κ2) is 5.28. The molecule has 2 N–H and O–H groups in total. The van der Waals surface area contributed by atoms with E-state index in [1.54, 1.807) is 0 Å². The summed E-state index contributed by atoms with van der Waals surface area (Å²) in [6, 6.07) is 0. The normalized spacial score (nSPS) is 28.6. The van der Waals surface area contributed by atoms with Crippen molar-refractivity contribution >= 4 is 0 Å². The van der Waals surface area contributed by atoms with E-state index in [4.69, 9.17) is 10.5 Å². The molecule has 2 heterocycles. The van der Waals surface area contributed by atoms with E-state index in [1.165, 1.54) is 38.8 Å². The van der Waals surface area contributed by atoms with Crippen LogP contribution < -0.4 is 5.73 Å². The molecule has 2 rings (SSSR count). The summed E-state index contributed by atoms with van der Waals surface area (Å²) in [5, 5.41) is 0. The van der Waals surface area contributed by atoms with Crippen LogP contribution in [0.3, 0.4) is 0 Å². The molecule has 3 nitrogen and oxygen atoms in total. The van der Waals surface area contributed by atoms with Gasteiger partial charge in [0.05, 0.1) is 0 Å². The van der Waals surface area contributed by atoms with Gasteiger partial charge in [0, 0.05) is 25.3 Å². The fraction of sp³-hybridized carbons (Fsp3) is 1.00. The summed E-state index contributed by atoms with van der Waals surface area (Å²) in [6.45, 7) is 5.28. The van der Waals surface area contributed by atoms with Crippen LogP contribution in [0.5, 0.6) is 0 Å². The van der Waals surface area contributed by atoms with Crippen molar-refractivity contribution in [1.29, 1.82) is 0 Å². The van der Waals surface area contributed by atoms with Crippen LogP contribution >= 0.6 is 0 Å². The van der Waals surface area contributed by atoms with Crippen LogP contribution in [0.4, 0.5) is 0 Å². The number of likely N-dealkylation sites (tertiary alicyclic amines) is 1. The van der Waals surface area contributed by atoms with Crippen LogP contribution in [0.2, 0.25) is 0 Å². The summed E-state index contributed by atoms with van der Waals surface area (Å²) in [5.41, 5.74) is 6.45. The Morgan fingerprint density at radius 2 is 1.60 bits per heavy atom. The second-order valence-electron chi connectivity index (χ2n) is 5.17. The standard InChI is InChI=1S/C12H24N2O/c13-12(5-9-15-10-6-12)11-14-7-3-1-2-4-8-14/h1-11,13H2. The Morgan fingerprint density at radius 3 is 2.20 bits per heavy atom. The van der Waals surface area contributed by atoms with Crippen LogP contribution in [-0.2, 0) is 4.74 Å². The number of hydrogen-bond donors (Lipinski definition) is 1. The van der Waals surface area contributed by atoms with Crippen LogP contribution in [0.25, 0.3) is 0 Å². The van der Waals surface area contributed by atoms with Gasteiger partial charge in [-0.3, -0.25) is 0 Å². The highest BCUT2D eigenvalue weighted by atomic mass is 16.5. The molecule has 0 aromatic carbocycles. The maximum atomic E-state index is 6.42. The number of nitrogens with zero attached hydrogens (tertiary/aromatic N) is 1. The first-order valence-electron chi connectivity index (χ1n) is 6.38. The highest BCUT2D eigenvalue weighted by Gasteiger charge is 2.30. The molecular weight excluding hydrogens is 188 g/mol. The molecule has 0 amide bonds. The van der Waals surface area contributed by atoms with E-state index < -0.39 is 0 Å². The van der Waals surface area contributed by atoms with Crippen LogP contribution in [0, 0.1) is 0 Å². The van der Waals surface area contributed by atoms with Crippen molar-refractivity contribution in [3.8, 4) is 0 Å². The fourth-order valence-corrected chi connectivity index (χ4v) is 2.68. The largest absolute Gasteiger partial charge is 0.381 e. The van der Waals surface area contributed by atoms with E-state index in [-0.39, 0.29) is 5.54 Å². The molecule has 0 bridgehead atoms. The SMILES string of the molecule is NC1(CN2CCCCCC2)CCOCC1. The second-order valence-corrected chi connectivity index (χ2v) is 5.17. The Kier molecular flexibility index (Phi) is 4.00. The number of nitrogens with two attached hydrogens (primary N) is 1. The zero-order valence-electron chi connectivity index (χ0n) is 9.71. The molecule has 0 radical (unpaired) electrons. The Morgan fingerprint density at radius 1 is 1.00 bits per heavy atom. The maximum Gasteiger partial charge on any atom is 0.0484 e. The van der Waals surface area contributed by atoms with E-state index in [2.05, 4.69) is 4.90 Å². The molecule has 15 heavy (non-hydrogen) atoms. The van der Waals surface area contributed by atoms with Gasteiger partial charge in [-0.25, -0.2) is 0 Å². The Bertz CT molecular complexity index is 182. The van der Waals surface area contributed by atoms with Gasteiger partial charge >= 0.3 is 0 Å². The smallest absolute Gasteiger partial charge is 0.0484 e. The summed E-state index contributed by atoms with van der Waals surface area (Å²) < 4.78 is 5.38. The van der Waals surface area contributed by atoms with E-state index in [1.807, 2.05) is 0 Å². The third kappa shape index (κ3) is 3.44. The molecule has 2 saturated heterocycles. The third-order valence-electron chi connectivity index (χ3n) is 3.73. The fourth-order valence-electron chi connectivity index (χ4n) is 2.68. The monoisotopic (exact) mass is 212 g/mol. The Balaban J connectivity index is 1.82.